The van der Waals surface area contributed by atoms with Crippen LogP contribution in [-0.2, 0) is 11.1 Å². The van der Waals surface area contributed by atoms with Gasteiger partial charge < -0.3 is 0 Å². The fraction of sp³-hybridized carbons (Fsp3) is 0.128. The van der Waals surface area contributed by atoms with Crippen LogP contribution in [0, 0.1) is 0 Å². The second-order valence-electron chi connectivity index (χ2n) is 11.7. The topological polar surface area (TPSA) is 0 Å². The number of benzene rings is 6. The SMILES string of the molecule is FC(F)(F)C(F)(F)C(F)(c1cccc2cc(-c3cccc4c3-c3ccccc3C4(c3ccccc3)c3ccccc3)ccc12)C(F)(F)F. The Hall–Kier alpha value is -5.05. The van der Waals surface area contributed by atoms with Gasteiger partial charge in [-0.3, -0.25) is 0 Å². The van der Waals surface area contributed by atoms with Crippen LogP contribution in [0.4, 0.5) is 39.5 Å². The Morgan fingerprint density at radius 1 is 0.438 bits per heavy atom. The maximum absolute atomic E-state index is 15.6. The highest BCUT2D eigenvalue weighted by Crippen LogP contribution is 2.60. The third-order valence-corrected chi connectivity index (χ3v) is 9.22. The second-order valence-corrected chi connectivity index (χ2v) is 11.7. The molecule has 7 rings (SSSR count). The molecule has 0 amide bonds. The highest BCUT2D eigenvalue weighted by atomic mass is 19.4. The van der Waals surface area contributed by atoms with Gasteiger partial charge in [-0.25, -0.2) is 4.39 Å². The Bertz CT molecular complexity index is 2110. The predicted octanol–water partition coefficient (Wildman–Crippen LogP) is 11.8. The molecule has 48 heavy (non-hydrogen) atoms. The van der Waals surface area contributed by atoms with E-state index in [-0.39, 0.29) is 5.39 Å². The summed E-state index contributed by atoms with van der Waals surface area (Å²) >= 11 is 0. The van der Waals surface area contributed by atoms with Crippen molar-refractivity contribution in [2.75, 3.05) is 0 Å². The van der Waals surface area contributed by atoms with Crippen LogP contribution >= 0.6 is 0 Å². The number of hydrogen-bond acceptors (Lipinski definition) is 0. The molecule has 0 heterocycles. The van der Waals surface area contributed by atoms with Gasteiger partial charge in [0.05, 0.1) is 5.41 Å². The first kappa shape index (κ1) is 31.5. The zero-order valence-electron chi connectivity index (χ0n) is 24.7. The van der Waals surface area contributed by atoms with Crippen molar-refractivity contribution < 1.29 is 39.5 Å². The number of rotatable bonds is 5. The van der Waals surface area contributed by atoms with Crippen molar-refractivity contribution >= 4 is 10.8 Å². The van der Waals surface area contributed by atoms with E-state index in [4.69, 9.17) is 0 Å². The van der Waals surface area contributed by atoms with Crippen molar-refractivity contribution in [1.29, 1.82) is 0 Å². The Morgan fingerprint density at radius 3 is 1.58 bits per heavy atom. The minimum Gasteiger partial charge on any atom is -0.221 e. The van der Waals surface area contributed by atoms with Crippen LogP contribution in [-0.4, -0.2) is 18.3 Å². The van der Waals surface area contributed by atoms with Crippen LogP contribution in [0.25, 0.3) is 33.0 Å². The summed E-state index contributed by atoms with van der Waals surface area (Å²) in [4.78, 5) is 0. The highest BCUT2D eigenvalue weighted by Gasteiger charge is 2.82. The first-order valence-corrected chi connectivity index (χ1v) is 14.8. The molecule has 242 valence electrons. The lowest BCUT2D eigenvalue weighted by molar-refractivity contribution is -0.388. The van der Waals surface area contributed by atoms with Gasteiger partial charge in [0.15, 0.2) is 0 Å². The van der Waals surface area contributed by atoms with Gasteiger partial charge in [0, 0.05) is 5.56 Å². The molecule has 1 aliphatic rings. The molecular formula is C39H23F9. The molecule has 0 radical (unpaired) electrons. The molecule has 1 unspecified atom stereocenters. The quantitative estimate of drug-likeness (QED) is 0.161. The summed E-state index contributed by atoms with van der Waals surface area (Å²) in [6, 6.07) is 39.3. The van der Waals surface area contributed by atoms with Crippen LogP contribution in [0.5, 0.6) is 0 Å². The maximum Gasteiger partial charge on any atom is 0.457 e. The van der Waals surface area contributed by atoms with Crippen LogP contribution in [0.3, 0.4) is 0 Å². The molecule has 0 N–H and O–H groups in total. The standard InChI is InChI=1S/C39H23F9/c40-36(38(43,44)45,37(41,42)39(46,47)48)32-19-9-11-24-23-25(21-22-28(24)32)29-17-10-20-33-34(29)30-16-7-8-18-31(30)35(33,26-12-3-1-4-13-26)27-14-5-2-6-15-27/h1-23H. The molecule has 0 nitrogen and oxygen atoms in total. The molecule has 0 aliphatic heterocycles. The van der Waals surface area contributed by atoms with Crippen LogP contribution in [0.1, 0.15) is 27.8 Å². The van der Waals surface area contributed by atoms with Crippen molar-refractivity contribution in [2.24, 2.45) is 0 Å². The van der Waals surface area contributed by atoms with Gasteiger partial charge in [0.2, 0.25) is 0 Å². The molecule has 1 atom stereocenters. The number of alkyl halides is 9. The lowest BCUT2D eigenvalue weighted by Crippen LogP contribution is -2.59. The molecule has 0 bridgehead atoms. The second kappa shape index (κ2) is 10.7. The Kier molecular flexibility index (Phi) is 7.05. The zero-order chi connectivity index (χ0) is 34.1. The van der Waals surface area contributed by atoms with Gasteiger partial charge in [-0.2, -0.15) is 35.1 Å². The lowest BCUT2D eigenvalue weighted by atomic mass is 9.67. The first-order valence-electron chi connectivity index (χ1n) is 14.8. The third kappa shape index (κ3) is 4.25. The number of halogens is 9. The van der Waals surface area contributed by atoms with Crippen LogP contribution in [0.2, 0.25) is 0 Å². The molecule has 0 saturated carbocycles. The summed E-state index contributed by atoms with van der Waals surface area (Å²) in [7, 11) is 0. The normalized spacial score (nSPS) is 15.5. The molecule has 6 aromatic rings. The maximum atomic E-state index is 15.6. The largest absolute Gasteiger partial charge is 0.457 e. The van der Waals surface area contributed by atoms with Crippen molar-refractivity contribution in [2.45, 2.75) is 29.4 Å². The van der Waals surface area contributed by atoms with E-state index in [1.54, 1.807) is 6.07 Å². The molecule has 0 spiro atoms. The van der Waals surface area contributed by atoms with Crippen molar-refractivity contribution in [3.8, 4) is 22.3 Å². The fourth-order valence-electron chi connectivity index (χ4n) is 7.18. The van der Waals surface area contributed by atoms with E-state index in [2.05, 4.69) is 0 Å². The van der Waals surface area contributed by atoms with Gasteiger partial charge in [-0.05, 0) is 61.3 Å². The van der Waals surface area contributed by atoms with Gasteiger partial charge in [0.25, 0.3) is 0 Å². The first-order chi connectivity index (χ1) is 22.7. The van der Waals surface area contributed by atoms with Crippen LogP contribution in [0.15, 0.2) is 140 Å². The third-order valence-electron chi connectivity index (χ3n) is 9.22. The van der Waals surface area contributed by atoms with E-state index < -0.39 is 40.3 Å². The summed E-state index contributed by atoms with van der Waals surface area (Å²) in [5.41, 5.74) is -1.98. The predicted molar refractivity (Wildman–Crippen MR) is 167 cm³/mol. The average Bonchev–Trinajstić information content (AvgIpc) is 3.38. The molecule has 0 fully saturated rings. The highest BCUT2D eigenvalue weighted by molar-refractivity contribution is 5.98. The Morgan fingerprint density at radius 2 is 0.979 bits per heavy atom. The molecule has 0 saturated heterocycles. The lowest BCUT2D eigenvalue weighted by Gasteiger charge is -2.36. The molecular weight excluding hydrogens is 639 g/mol. The summed E-state index contributed by atoms with van der Waals surface area (Å²) < 4.78 is 126. The summed E-state index contributed by atoms with van der Waals surface area (Å²) in [5, 5.41) is -0.864. The van der Waals surface area contributed by atoms with E-state index >= 15 is 4.39 Å². The zero-order valence-corrected chi connectivity index (χ0v) is 24.7. The van der Waals surface area contributed by atoms with Crippen molar-refractivity contribution in [3.05, 3.63) is 167 Å². The Labute approximate surface area is 269 Å². The van der Waals surface area contributed by atoms with Crippen molar-refractivity contribution in [1.82, 2.24) is 0 Å². The van der Waals surface area contributed by atoms with Crippen LogP contribution < -0.4 is 0 Å². The monoisotopic (exact) mass is 662 g/mol. The number of fused-ring (bicyclic) bond motifs is 4. The van der Waals surface area contributed by atoms with E-state index in [1.807, 2.05) is 97.1 Å². The van der Waals surface area contributed by atoms with Gasteiger partial charge in [-0.1, -0.05) is 133 Å². The fourth-order valence-corrected chi connectivity index (χ4v) is 7.18. The molecule has 1 aliphatic carbocycles. The Balaban J connectivity index is 1.49. The smallest absolute Gasteiger partial charge is 0.221 e. The van der Waals surface area contributed by atoms with Crippen molar-refractivity contribution in [3.63, 3.8) is 0 Å². The van der Waals surface area contributed by atoms with Gasteiger partial charge in [-0.15, -0.1) is 0 Å². The summed E-state index contributed by atoms with van der Waals surface area (Å²) in [6.07, 6.45) is -13.4. The average molecular weight is 663 g/mol. The van der Waals surface area contributed by atoms with E-state index in [1.165, 1.54) is 18.2 Å². The summed E-state index contributed by atoms with van der Waals surface area (Å²) in [5.74, 6) is -6.77. The minimum atomic E-state index is -6.82. The molecule has 0 aromatic heterocycles. The minimum absolute atomic E-state index is 0.143. The molecule has 6 aromatic carbocycles. The van der Waals surface area contributed by atoms with E-state index in [0.717, 1.165) is 45.5 Å². The van der Waals surface area contributed by atoms with Gasteiger partial charge in [0.1, 0.15) is 0 Å². The number of hydrogen-bond donors (Lipinski definition) is 0. The summed E-state index contributed by atoms with van der Waals surface area (Å²) in [6.45, 7) is 0. The van der Waals surface area contributed by atoms with E-state index in [0.29, 0.717) is 17.2 Å². The molecule has 9 heteroatoms. The van der Waals surface area contributed by atoms with Gasteiger partial charge >= 0.3 is 23.9 Å². The van der Waals surface area contributed by atoms with E-state index in [9.17, 15) is 35.1 Å².